The van der Waals surface area contributed by atoms with Crippen molar-refractivity contribution in [3.63, 3.8) is 0 Å². The van der Waals surface area contributed by atoms with E-state index in [2.05, 4.69) is 4.98 Å². The number of hydrogen-bond donors (Lipinski definition) is 0. The van der Waals surface area contributed by atoms with Gasteiger partial charge in [0.2, 0.25) is 5.89 Å². The lowest BCUT2D eigenvalue weighted by molar-refractivity contribution is 0.573. The van der Waals surface area contributed by atoms with E-state index in [1.54, 1.807) is 0 Å². The van der Waals surface area contributed by atoms with Gasteiger partial charge in [-0.15, -0.1) is 11.6 Å². The molecule has 0 fully saturated rings. The average Bonchev–Trinajstić information content (AvgIpc) is 2.66. The molecule has 0 aliphatic heterocycles. The van der Waals surface area contributed by atoms with Gasteiger partial charge < -0.3 is 4.42 Å². The first-order valence-electron chi connectivity index (χ1n) is 4.16. The standard InChI is InChI=1S/C10H6Cl2FNO/c11-4-7-5-15-10(14-7)8-2-1-6(13)3-9(8)12/h1-3,5H,4H2. The van der Waals surface area contributed by atoms with Crippen molar-refractivity contribution in [2.75, 3.05) is 0 Å². The molecule has 0 aliphatic rings. The number of nitrogens with zero attached hydrogens (tertiary/aromatic N) is 1. The Hall–Kier alpha value is -1.06. The summed E-state index contributed by atoms with van der Waals surface area (Å²) in [4.78, 5) is 4.08. The van der Waals surface area contributed by atoms with Gasteiger partial charge >= 0.3 is 0 Å². The minimum atomic E-state index is -0.395. The fourth-order valence-electron chi connectivity index (χ4n) is 1.15. The largest absolute Gasteiger partial charge is 0.444 e. The van der Waals surface area contributed by atoms with Crippen LogP contribution >= 0.6 is 23.2 Å². The van der Waals surface area contributed by atoms with E-state index in [4.69, 9.17) is 27.6 Å². The van der Waals surface area contributed by atoms with Crippen LogP contribution in [0.3, 0.4) is 0 Å². The van der Waals surface area contributed by atoms with Gasteiger partial charge in [0.25, 0.3) is 0 Å². The minimum Gasteiger partial charge on any atom is -0.444 e. The summed E-state index contributed by atoms with van der Waals surface area (Å²) in [5.74, 6) is 0.214. The van der Waals surface area contributed by atoms with Crippen LogP contribution in [-0.2, 0) is 5.88 Å². The first-order valence-corrected chi connectivity index (χ1v) is 5.08. The van der Waals surface area contributed by atoms with Gasteiger partial charge in [-0.05, 0) is 18.2 Å². The molecule has 0 spiro atoms. The number of benzene rings is 1. The highest BCUT2D eigenvalue weighted by atomic mass is 35.5. The SMILES string of the molecule is Fc1ccc(-c2nc(CCl)co2)c(Cl)c1. The van der Waals surface area contributed by atoms with Crippen LogP contribution in [0.5, 0.6) is 0 Å². The summed E-state index contributed by atoms with van der Waals surface area (Å²) in [6, 6.07) is 4.02. The van der Waals surface area contributed by atoms with Crippen molar-refractivity contribution in [3.05, 3.63) is 41.0 Å². The van der Waals surface area contributed by atoms with E-state index in [1.807, 2.05) is 0 Å². The molecule has 0 N–H and O–H groups in total. The zero-order chi connectivity index (χ0) is 10.8. The Morgan fingerprint density at radius 1 is 1.40 bits per heavy atom. The molecule has 2 aromatic rings. The average molecular weight is 246 g/mol. The van der Waals surface area contributed by atoms with Crippen LogP contribution in [0, 0.1) is 5.82 Å². The molecular weight excluding hydrogens is 240 g/mol. The summed E-state index contributed by atoms with van der Waals surface area (Å²) in [6.07, 6.45) is 1.45. The van der Waals surface area contributed by atoms with E-state index in [-0.39, 0.29) is 10.9 Å². The Kier molecular flexibility index (Phi) is 2.93. The summed E-state index contributed by atoms with van der Waals surface area (Å²) in [7, 11) is 0. The van der Waals surface area contributed by atoms with Gasteiger partial charge in [0.15, 0.2) is 0 Å². The minimum absolute atomic E-state index is 0.262. The van der Waals surface area contributed by atoms with E-state index in [9.17, 15) is 4.39 Å². The van der Waals surface area contributed by atoms with Crippen LogP contribution in [0.2, 0.25) is 5.02 Å². The molecule has 0 amide bonds. The molecule has 0 bridgehead atoms. The number of alkyl halides is 1. The lowest BCUT2D eigenvalue weighted by Gasteiger charge is -1.98. The van der Waals surface area contributed by atoms with E-state index >= 15 is 0 Å². The first kappa shape index (κ1) is 10.5. The van der Waals surface area contributed by atoms with Crippen LogP contribution in [0.4, 0.5) is 4.39 Å². The van der Waals surface area contributed by atoms with Gasteiger partial charge in [0.05, 0.1) is 22.2 Å². The molecule has 5 heteroatoms. The smallest absolute Gasteiger partial charge is 0.227 e. The number of hydrogen-bond acceptors (Lipinski definition) is 2. The Labute approximate surface area is 95.6 Å². The third-order valence-corrected chi connectivity index (χ3v) is 2.44. The molecule has 1 aromatic heterocycles. The predicted molar refractivity (Wildman–Crippen MR) is 56.5 cm³/mol. The zero-order valence-electron chi connectivity index (χ0n) is 7.51. The Morgan fingerprint density at radius 2 is 2.20 bits per heavy atom. The quantitative estimate of drug-likeness (QED) is 0.751. The van der Waals surface area contributed by atoms with Gasteiger partial charge in [0, 0.05) is 0 Å². The maximum Gasteiger partial charge on any atom is 0.227 e. The summed E-state index contributed by atoms with van der Waals surface area (Å²) in [5, 5.41) is 0.262. The second kappa shape index (κ2) is 4.21. The molecule has 0 aliphatic carbocycles. The van der Waals surface area contributed by atoms with Gasteiger partial charge in [-0.3, -0.25) is 0 Å². The number of aromatic nitrogens is 1. The van der Waals surface area contributed by atoms with Crippen molar-refractivity contribution in [1.82, 2.24) is 4.98 Å². The number of halogens is 3. The molecular formula is C10H6Cl2FNO. The lowest BCUT2D eigenvalue weighted by Crippen LogP contribution is -1.83. The van der Waals surface area contributed by atoms with Gasteiger partial charge in [-0.25, -0.2) is 9.37 Å². The monoisotopic (exact) mass is 245 g/mol. The van der Waals surface area contributed by atoms with Crippen molar-refractivity contribution in [2.45, 2.75) is 5.88 Å². The Bertz CT molecular complexity index is 484. The van der Waals surface area contributed by atoms with E-state index in [1.165, 1.54) is 24.5 Å². The van der Waals surface area contributed by atoms with Crippen LogP contribution in [0.15, 0.2) is 28.9 Å². The highest BCUT2D eigenvalue weighted by Crippen LogP contribution is 2.27. The van der Waals surface area contributed by atoms with Crippen LogP contribution < -0.4 is 0 Å². The van der Waals surface area contributed by atoms with Gasteiger partial charge in [0.1, 0.15) is 12.1 Å². The summed E-state index contributed by atoms with van der Waals surface area (Å²) in [6.45, 7) is 0. The zero-order valence-corrected chi connectivity index (χ0v) is 9.02. The molecule has 2 rings (SSSR count). The van der Waals surface area contributed by atoms with Crippen molar-refractivity contribution in [3.8, 4) is 11.5 Å². The highest BCUT2D eigenvalue weighted by Gasteiger charge is 2.10. The fourth-order valence-corrected chi connectivity index (χ4v) is 1.53. The Morgan fingerprint density at radius 3 is 2.80 bits per heavy atom. The molecule has 0 atom stereocenters. The third-order valence-electron chi connectivity index (χ3n) is 1.85. The predicted octanol–water partition coefficient (Wildman–Crippen LogP) is 3.87. The molecule has 0 radical (unpaired) electrons. The molecule has 1 aromatic carbocycles. The fraction of sp³-hybridized carbons (Fsp3) is 0.100. The molecule has 0 unspecified atom stereocenters. The van der Waals surface area contributed by atoms with Crippen LogP contribution in [-0.4, -0.2) is 4.98 Å². The summed E-state index contributed by atoms with van der Waals surface area (Å²) in [5.41, 5.74) is 1.17. The number of rotatable bonds is 2. The van der Waals surface area contributed by atoms with Crippen molar-refractivity contribution in [1.29, 1.82) is 0 Å². The highest BCUT2D eigenvalue weighted by molar-refractivity contribution is 6.33. The second-order valence-corrected chi connectivity index (χ2v) is 3.58. The molecule has 15 heavy (non-hydrogen) atoms. The van der Waals surface area contributed by atoms with Crippen LogP contribution in [0.1, 0.15) is 5.69 Å². The maximum absolute atomic E-state index is 12.8. The Balaban J connectivity index is 2.44. The molecule has 0 saturated carbocycles. The summed E-state index contributed by atoms with van der Waals surface area (Å²) >= 11 is 11.4. The first-order chi connectivity index (χ1) is 7.20. The molecule has 2 nitrogen and oxygen atoms in total. The molecule has 1 heterocycles. The van der Waals surface area contributed by atoms with Crippen molar-refractivity contribution >= 4 is 23.2 Å². The van der Waals surface area contributed by atoms with E-state index in [0.29, 0.717) is 17.1 Å². The van der Waals surface area contributed by atoms with Crippen molar-refractivity contribution < 1.29 is 8.81 Å². The summed E-state index contributed by atoms with van der Waals surface area (Å²) < 4.78 is 17.9. The number of oxazole rings is 1. The topological polar surface area (TPSA) is 26.0 Å². The maximum atomic E-state index is 12.8. The van der Waals surface area contributed by atoms with Gasteiger partial charge in [-0.2, -0.15) is 0 Å². The van der Waals surface area contributed by atoms with E-state index in [0.717, 1.165) is 0 Å². The normalized spacial score (nSPS) is 10.6. The van der Waals surface area contributed by atoms with Gasteiger partial charge in [-0.1, -0.05) is 11.6 Å². The van der Waals surface area contributed by atoms with Crippen molar-refractivity contribution in [2.24, 2.45) is 0 Å². The molecule has 0 saturated heterocycles. The molecule has 78 valence electrons. The van der Waals surface area contributed by atoms with E-state index < -0.39 is 5.82 Å². The lowest BCUT2D eigenvalue weighted by atomic mass is 10.2. The third kappa shape index (κ3) is 2.13. The second-order valence-electron chi connectivity index (χ2n) is 2.90. The van der Waals surface area contributed by atoms with Crippen LogP contribution in [0.25, 0.3) is 11.5 Å².